The Morgan fingerprint density at radius 2 is 2.48 bits per heavy atom. The zero-order valence-electron chi connectivity index (χ0n) is 17.6. The molecule has 0 unspecified atom stereocenters. The molecule has 0 saturated carbocycles. The Labute approximate surface area is 132 Å². The number of nitrogens with zero attached hydrogens (tertiary/aromatic N) is 1. The minimum absolute atomic E-state index is 0.0108. The standard InChI is InChI=1S/C17H19NO3/c1-18-7-6-17-10-3-5-13(20)16(17)21-15-12(19)4-2-9(14(15)17)8-11(10)18/h2-5,10-11,13,16,19-20H,6-8H2,1H3/t10-,11+,13-,16-,17-/m0/s1/i2D,4D,13D,16D,20D/hD. The van der Waals surface area contributed by atoms with Crippen LogP contribution in [0, 0.1) is 5.92 Å². The van der Waals surface area contributed by atoms with Crippen molar-refractivity contribution in [1.82, 2.24) is 4.90 Å². The Kier molecular flexibility index (Phi) is 1.32. The van der Waals surface area contributed by atoms with Gasteiger partial charge in [-0.2, -0.15) is 0 Å². The van der Waals surface area contributed by atoms with E-state index in [0.717, 1.165) is 0 Å². The van der Waals surface area contributed by atoms with E-state index in [-0.39, 0.29) is 35.5 Å². The van der Waals surface area contributed by atoms with E-state index in [4.69, 9.17) is 16.8 Å². The molecule has 5 atom stereocenters. The number of phenols is 1. The van der Waals surface area contributed by atoms with Gasteiger partial charge >= 0.3 is 0 Å². The molecule has 2 aliphatic heterocycles. The molecule has 2 heterocycles. The molecule has 4 aliphatic rings. The number of rotatable bonds is 2. The third kappa shape index (κ3) is 1.21. The number of hydrogen-bond donors (Lipinski definition) is 2. The van der Waals surface area contributed by atoms with Crippen molar-refractivity contribution in [2.24, 2.45) is 5.92 Å². The summed E-state index contributed by atoms with van der Waals surface area (Å²) < 4.78 is 55.4. The second-order valence-electron chi connectivity index (χ2n) is 6.42. The molecule has 0 amide bonds. The summed E-state index contributed by atoms with van der Waals surface area (Å²) in [6, 6.07) is -0.297. The Balaban J connectivity index is 1.92. The largest absolute Gasteiger partial charge is 0.504 e. The Hall–Kier alpha value is -1.52. The molecule has 1 fully saturated rings. The fourth-order valence-corrected chi connectivity index (χ4v) is 4.70. The Morgan fingerprint density at radius 1 is 1.52 bits per heavy atom. The molecule has 0 radical (unpaired) electrons. The first-order chi connectivity index (χ1) is 12.8. The van der Waals surface area contributed by atoms with Crippen LogP contribution in [0.4, 0.5) is 0 Å². The first-order valence-electron chi connectivity index (χ1n) is 10.1. The summed E-state index contributed by atoms with van der Waals surface area (Å²) in [6.07, 6.45) is 0.188. The molecule has 5 rings (SSSR count). The maximum absolute atomic E-state index is 9.23. The van der Waals surface area contributed by atoms with Crippen LogP contribution >= 0.6 is 0 Å². The molecule has 0 aromatic heterocycles. The first kappa shape index (κ1) is 7.65. The molecule has 4 heteroatoms. The first-order valence-corrected chi connectivity index (χ1v) is 7.28. The highest BCUT2D eigenvalue weighted by Gasteiger charge is 2.64. The second-order valence-corrected chi connectivity index (χ2v) is 6.42. The summed E-state index contributed by atoms with van der Waals surface area (Å²) >= 11 is 0. The number of aromatic hydroxyl groups is 1. The van der Waals surface area contributed by atoms with Crippen molar-refractivity contribution in [3.8, 4) is 11.5 Å². The second kappa shape index (κ2) is 3.62. The van der Waals surface area contributed by atoms with E-state index < -0.39 is 17.6 Å². The van der Waals surface area contributed by atoms with E-state index in [1.807, 2.05) is 13.1 Å². The number of piperidine rings is 1. The maximum atomic E-state index is 9.23. The van der Waals surface area contributed by atoms with Crippen molar-refractivity contribution in [2.75, 3.05) is 13.6 Å². The van der Waals surface area contributed by atoms with Crippen LogP contribution in [-0.2, 0) is 11.8 Å². The van der Waals surface area contributed by atoms with Crippen molar-refractivity contribution >= 4 is 0 Å². The van der Waals surface area contributed by atoms with Gasteiger partial charge in [0.25, 0.3) is 1.43 Å². The van der Waals surface area contributed by atoms with Gasteiger partial charge in [0.05, 0.1) is 5.48 Å². The van der Waals surface area contributed by atoms with Crippen LogP contribution in [0.25, 0.3) is 0 Å². The zero-order chi connectivity index (χ0) is 19.4. The fourth-order valence-electron chi connectivity index (χ4n) is 4.70. The minimum Gasteiger partial charge on any atom is -0.504 e. The lowest BCUT2D eigenvalue weighted by atomic mass is 9.53. The number of likely N-dealkylation sites (N-methyl/N-ethyl adjacent to an activating group) is 1. The van der Waals surface area contributed by atoms with Gasteiger partial charge < -0.3 is 19.9 Å². The van der Waals surface area contributed by atoms with E-state index in [2.05, 4.69) is 10.0 Å². The van der Waals surface area contributed by atoms with Crippen LogP contribution in [-0.4, -0.2) is 49.8 Å². The van der Waals surface area contributed by atoms with E-state index in [9.17, 15) is 1.37 Å². The van der Waals surface area contributed by atoms with Crippen molar-refractivity contribution in [2.45, 2.75) is 36.5 Å². The number of hydrogen-bond acceptors (Lipinski definition) is 4. The van der Waals surface area contributed by atoms with Crippen molar-refractivity contribution < 1.29 is 20.4 Å². The van der Waals surface area contributed by atoms with E-state index >= 15 is 0 Å². The predicted molar refractivity (Wildman–Crippen MR) is 77.6 cm³/mol. The molecule has 1 spiro atoms. The van der Waals surface area contributed by atoms with Gasteiger partial charge in [-0.05, 0) is 38.0 Å². The van der Waals surface area contributed by atoms with Gasteiger partial charge in [0.2, 0.25) is 1.43 Å². The Morgan fingerprint density at radius 3 is 3.33 bits per heavy atom. The predicted octanol–water partition coefficient (Wildman–Crippen LogP) is 1.20. The van der Waals surface area contributed by atoms with Crippen molar-refractivity contribution in [3.63, 3.8) is 0 Å². The average Bonchev–Trinajstić information content (AvgIpc) is 2.92. The molecule has 110 valence electrons. The molecular weight excluding hydrogens is 266 g/mol. The summed E-state index contributed by atoms with van der Waals surface area (Å²) in [5.74, 6) is -0.287. The van der Waals surface area contributed by atoms with Crippen LogP contribution in [0.3, 0.4) is 0 Å². The van der Waals surface area contributed by atoms with Gasteiger partial charge in [-0.25, -0.2) is 0 Å². The minimum atomic E-state index is -2.08. The lowest BCUT2D eigenvalue weighted by Crippen LogP contribution is -2.64. The van der Waals surface area contributed by atoms with Gasteiger partial charge in [0.15, 0.2) is 11.5 Å². The quantitative estimate of drug-likeness (QED) is 0.804. The highest BCUT2D eigenvalue weighted by Crippen LogP contribution is 2.62. The highest BCUT2D eigenvalue weighted by molar-refractivity contribution is 5.61. The van der Waals surface area contributed by atoms with Gasteiger partial charge in [-0.15, -0.1) is 0 Å². The molecule has 2 aliphatic carbocycles. The molecule has 1 aromatic carbocycles. The van der Waals surface area contributed by atoms with E-state index in [1.165, 1.54) is 6.08 Å². The third-order valence-electron chi connectivity index (χ3n) is 5.62. The van der Waals surface area contributed by atoms with E-state index in [1.54, 1.807) is 0 Å². The van der Waals surface area contributed by atoms with Gasteiger partial charge in [-0.3, -0.25) is 0 Å². The van der Waals surface area contributed by atoms with Gasteiger partial charge in [0, 0.05) is 22.9 Å². The summed E-state index contributed by atoms with van der Waals surface area (Å²) in [5, 5.41) is 9.35. The molecule has 2 bridgehead atoms. The number of ether oxygens (including phenoxy) is 1. The van der Waals surface area contributed by atoms with Crippen LogP contribution in [0.1, 0.15) is 23.0 Å². The molecule has 2 N–H and O–H groups in total. The summed E-state index contributed by atoms with van der Waals surface area (Å²) in [7, 11) is 1.99. The average molecular weight is 291 g/mol. The lowest BCUT2D eigenvalue weighted by Gasteiger charge is -2.56. The molecular formula is C17H19NO3. The monoisotopic (exact) mass is 291 g/mol. The van der Waals surface area contributed by atoms with Crippen LogP contribution in [0.2, 0.25) is 0 Å². The third-order valence-corrected chi connectivity index (χ3v) is 5.62. The lowest BCUT2D eigenvalue weighted by molar-refractivity contribution is -0.0453. The normalized spacial score (nSPS) is 53.4. The van der Waals surface area contributed by atoms with Crippen molar-refractivity contribution in [3.05, 3.63) is 35.4 Å². The van der Waals surface area contributed by atoms with Gasteiger partial charge in [-0.1, -0.05) is 18.2 Å². The number of likely N-dealkylation sites (tertiary alicyclic amines) is 1. The van der Waals surface area contributed by atoms with Crippen LogP contribution < -0.4 is 4.74 Å². The van der Waals surface area contributed by atoms with E-state index in [0.29, 0.717) is 30.5 Å². The van der Waals surface area contributed by atoms with Crippen molar-refractivity contribution in [1.29, 1.82) is 2.86 Å². The zero-order valence-corrected chi connectivity index (χ0v) is 11.6. The topological polar surface area (TPSA) is 52.9 Å². The Bertz CT molecular complexity index is 896. The highest BCUT2D eigenvalue weighted by atomic mass is 16.5. The SMILES string of the molecule is [2H]Oc1c([2H])c([2H])c2c3c1O[C@@]1([2H])[C@@]([2H])(O[2H])C=C[C@H]4[C@@H](C2)N(C)CC[C@@]341. The summed E-state index contributed by atoms with van der Waals surface area (Å²) in [6.45, 7) is 0.666. The summed E-state index contributed by atoms with van der Waals surface area (Å²) in [5.41, 5.74) is 0.204. The smallest absolute Gasteiger partial charge is 0.293 e. The van der Waals surface area contributed by atoms with Gasteiger partial charge in [0.1, 0.15) is 12.2 Å². The number of benzene rings is 1. The fraction of sp³-hybridized carbons (Fsp3) is 0.529. The molecule has 1 saturated heterocycles. The number of aliphatic hydroxyl groups is 1. The van der Waals surface area contributed by atoms with Crippen LogP contribution in [0.5, 0.6) is 11.5 Å². The van der Waals surface area contributed by atoms with Crippen LogP contribution in [0.15, 0.2) is 24.2 Å². The molecule has 4 nitrogen and oxygen atoms in total. The number of phenolic OH excluding ortho intramolecular Hbond substituents is 1. The maximum Gasteiger partial charge on any atom is 0.293 e. The molecule has 21 heavy (non-hydrogen) atoms. The molecule has 1 aromatic rings. The summed E-state index contributed by atoms with van der Waals surface area (Å²) in [4.78, 5) is 2.18.